The third-order valence-electron chi connectivity index (χ3n) is 2.22. The summed E-state index contributed by atoms with van der Waals surface area (Å²) in [5.74, 6) is 1.18. The minimum atomic E-state index is 0.160. The van der Waals surface area contributed by atoms with Crippen LogP contribution in [0.25, 0.3) is 0 Å². The highest BCUT2D eigenvalue weighted by molar-refractivity contribution is 7.98. The Hall–Kier alpha value is 0.0500. The molecule has 0 spiro atoms. The monoisotopic (exact) mass is 199 g/mol. The van der Waals surface area contributed by atoms with Gasteiger partial charge in [-0.25, -0.2) is 0 Å². The smallest absolute Gasteiger partial charge is 0.0314 e. The van der Waals surface area contributed by atoms with Crippen molar-refractivity contribution in [3.63, 3.8) is 0 Å². The van der Waals surface area contributed by atoms with Crippen LogP contribution in [-0.4, -0.2) is 23.1 Å². The van der Waals surface area contributed by atoms with Gasteiger partial charge in [0.05, 0.1) is 0 Å². The molecule has 0 aliphatic carbocycles. The Balaban J connectivity index is 2.79. The molecule has 1 heterocycles. The van der Waals surface area contributed by atoms with E-state index < -0.39 is 0 Å². The van der Waals surface area contributed by atoms with Crippen LogP contribution in [0.2, 0.25) is 0 Å². The highest BCUT2D eigenvalue weighted by Gasteiger charge is 2.31. The highest BCUT2D eigenvalue weighted by Crippen LogP contribution is 2.28. The van der Waals surface area contributed by atoms with Gasteiger partial charge in [-0.1, -0.05) is 11.6 Å². The minimum Gasteiger partial charge on any atom is -0.303 e. The molecule has 0 saturated carbocycles. The predicted octanol–water partition coefficient (Wildman–Crippen LogP) is 2.83. The zero-order valence-corrected chi connectivity index (χ0v) is 10.2. The van der Waals surface area contributed by atoms with Crippen molar-refractivity contribution in [1.82, 2.24) is 5.32 Å². The van der Waals surface area contributed by atoms with Crippen LogP contribution in [0, 0.1) is 0 Å². The first-order valence-electron chi connectivity index (χ1n) is 4.83. The number of hydrogen-bond donors (Lipinski definition) is 1. The molecule has 0 atom stereocenters. The number of hydrogen-bond acceptors (Lipinski definition) is 2. The second-order valence-electron chi connectivity index (χ2n) is 5.14. The molecule has 0 radical (unpaired) electrons. The fourth-order valence-corrected chi connectivity index (χ4v) is 2.92. The van der Waals surface area contributed by atoms with Gasteiger partial charge in [0.1, 0.15) is 0 Å². The summed E-state index contributed by atoms with van der Waals surface area (Å²) in [6.07, 6.45) is 5.73. The summed E-state index contributed by atoms with van der Waals surface area (Å²) in [7, 11) is 0. The Kier molecular flexibility index (Phi) is 3.13. The highest BCUT2D eigenvalue weighted by atomic mass is 32.2. The average molecular weight is 199 g/mol. The molecule has 1 rings (SSSR count). The molecule has 76 valence electrons. The maximum Gasteiger partial charge on any atom is 0.0314 e. The van der Waals surface area contributed by atoms with Crippen LogP contribution in [0.4, 0.5) is 0 Å². The first-order valence-corrected chi connectivity index (χ1v) is 6.23. The van der Waals surface area contributed by atoms with E-state index in [2.05, 4.69) is 45.3 Å². The molecule has 2 heteroatoms. The van der Waals surface area contributed by atoms with Crippen molar-refractivity contribution in [3.8, 4) is 0 Å². The zero-order chi connectivity index (χ0) is 10.1. The topological polar surface area (TPSA) is 12.0 Å². The van der Waals surface area contributed by atoms with Crippen LogP contribution in [-0.2, 0) is 0 Å². The third kappa shape index (κ3) is 3.35. The molecule has 0 fully saturated rings. The first-order chi connectivity index (χ1) is 5.85. The lowest BCUT2D eigenvalue weighted by Crippen LogP contribution is -2.54. The van der Waals surface area contributed by atoms with E-state index >= 15 is 0 Å². The van der Waals surface area contributed by atoms with Gasteiger partial charge >= 0.3 is 0 Å². The zero-order valence-electron chi connectivity index (χ0n) is 9.40. The van der Waals surface area contributed by atoms with Crippen LogP contribution in [0.3, 0.4) is 0 Å². The van der Waals surface area contributed by atoms with E-state index in [0.29, 0.717) is 0 Å². The Morgan fingerprint density at radius 2 is 2.00 bits per heavy atom. The Morgan fingerprint density at radius 1 is 1.38 bits per heavy atom. The maximum absolute atomic E-state index is 3.63. The molecule has 0 aromatic rings. The molecule has 1 N–H and O–H groups in total. The fraction of sp³-hybridized carbons (Fsp3) is 0.818. The van der Waals surface area contributed by atoms with Crippen LogP contribution >= 0.6 is 11.8 Å². The number of thioether (sulfide) groups is 1. The van der Waals surface area contributed by atoms with Gasteiger partial charge in [0, 0.05) is 16.8 Å². The molecule has 0 bridgehead atoms. The van der Waals surface area contributed by atoms with Crippen molar-refractivity contribution in [2.24, 2.45) is 0 Å². The van der Waals surface area contributed by atoms with E-state index in [9.17, 15) is 0 Å². The van der Waals surface area contributed by atoms with E-state index in [1.807, 2.05) is 11.8 Å². The van der Waals surface area contributed by atoms with Crippen molar-refractivity contribution in [1.29, 1.82) is 0 Å². The Bertz CT molecular complexity index is 216. The molecule has 0 aromatic carbocycles. The van der Waals surface area contributed by atoms with Gasteiger partial charge in [-0.2, -0.15) is 11.8 Å². The van der Waals surface area contributed by atoms with Gasteiger partial charge in [0.15, 0.2) is 0 Å². The molecule has 0 unspecified atom stereocenters. The fourth-order valence-electron chi connectivity index (χ4n) is 2.36. The first kappa shape index (κ1) is 11.1. The summed E-state index contributed by atoms with van der Waals surface area (Å²) in [5.41, 5.74) is 2.00. The lowest BCUT2D eigenvalue weighted by atomic mass is 9.84. The molecular weight excluding hydrogens is 178 g/mol. The van der Waals surface area contributed by atoms with Gasteiger partial charge in [-0.3, -0.25) is 0 Å². The van der Waals surface area contributed by atoms with Gasteiger partial charge < -0.3 is 5.32 Å². The van der Waals surface area contributed by atoms with E-state index in [1.54, 1.807) is 5.57 Å². The standard InChI is InChI=1S/C11H21NS/c1-10(2)6-9(8-13-5)7-11(3,4)12-10/h6,12H,7-8H2,1-5H3. The molecule has 1 nitrogen and oxygen atoms in total. The SMILES string of the molecule is CSCC1=CC(C)(C)NC(C)(C)C1. The molecule has 1 aliphatic rings. The second kappa shape index (κ2) is 3.66. The quantitative estimate of drug-likeness (QED) is 0.686. The molecule has 0 aromatic heterocycles. The van der Waals surface area contributed by atoms with Gasteiger partial charge in [-0.05, 0) is 40.4 Å². The summed E-state index contributed by atoms with van der Waals surface area (Å²) in [5, 5.41) is 3.63. The van der Waals surface area contributed by atoms with Crippen molar-refractivity contribution in [2.45, 2.75) is 45.2 Å². The van der Waals surface area contributed by atoms with Crippen LogP contribution in [0.1, 0.15) is 34.1 Å². The van der Waals surface area contributed by atoms with Crippen molar-refractivity contribution < 1.29 is 0 Å². The van der Waals surface area contributed by atoms with Crippen molar-refractivity contribution in [3.05, 3.63) is 11.6 Å². The summed E-state index contributed by atoms with van der Waals surface area (Å²) in [6.45, 7) is 9.05. The average Bonchev–Trinajstić information content (AvgIpc) is 1.78. The largest absolute Gasteiger partial charge is 0.303 e. The van der Waals surface area contributed by atoms with Gasteiger partial charge in [-0.15, -0.1) is 0 Å². The van der Waals surface area contributed by atoms with E-state index in [-0.39, 0.29) is 11.1 Å². The molecule has 0 amide bonds. The second-order valence-corrected chi connectivity index (χ2v) is 6.01. The van der Waals surface area contributed by atoms with Gasteiger partial charge in [0.2, 0.25) is 0 Å². The molecule has 0 saturated heterocycles. The van der Waals surface area contributed by atoms with Crippen LogP contribution in [0.5, 0.6) is 0 Å². The number of nitrogens with one attached hydrogen (secondary N) is 1. The van der Waals surface area contributed by atoms with E-state index in [4.69, 9.17) is 0 Å². The maximum atomic E-state index is 3.63. The summed E-state index contributed by atoms with van der Waals surface area (Å²) < 4.78 is 0. The molecule has 1 aliphatic heterocycles. The third-order valence-corrected chi connectivity index (χ3v) is 2.88. The van der Waals surface area contributed by atoms with Crippen LogP contribution < -0.4 is 5.32 Å². The normalized spacial score (nSPS) is 25.5. The Labute approximate surface area is 86.4 Å². The van der Waals surface area contributed by atoms with E-state index in [0.717, 1.165) is 0 Å². The van der Waals surface area contributed by atoms with E-state index in [1.165, 1.54) is 12.2 Å². The predicted molar refractivity (Wildman–Crippen MR) is 62.4 cm³/mol. The minimum absolute atomic E-state index is 0.160. The van der Waals surface area contributed by atoms with Crippen molar-refractivity contribution in [2.75, 3.05) is 12.0 Å². The lowest BCUT2D eigenvalue weighted by molar-refractivity contribution is 0.284. The molecule has 13 heavy (non-hydrogen) atoms. The summed E-state index contributed by atoms with van der Waals surface area (Å²) >= 11 is 1.91. The summed E-state index contributed by atoms with van der Waals surface area (Å²) in [4.78, 5) is 0. The summed E-state index contributed by atoms with van der Waals surface area (Å²) in [6, 6.07) is 0. The number of rotatable bonds is 2. The Morgan fingerprint density at radius 3 is 2.46 bits per heavy atom. The lowest BCUT2D eigenvalue weighted by Gasteiger charge is -2.41. The molecular formula is C11H21NS. The van der Waals surface area contributed by atoms with Crippen LogP contribution in [0.15, 0.2) is 11.6 Å². The van der Waals surface area contributed by atoms with Gasteiger partial charge in [0.25, 0.3) is 0 Å². The van der Waals surface area contributed by atoms with Crippen molar-refractivity contribution >= 4 is 11.8 Å².